The second kappa shape index (κ2) is 5.75. The van der Waals surface area contributed by atoms with E-state index in [-0.39, 0.29) is 11.9 Å². The Bertz CT molecular complexity index is 674. The average Bonchev–Trinajstić information content (AvgIpc) is 3.02. The molecule has 7 nitrogen and oxygen atoms in total. The molecule has 1 aliphatic rings. The lowest BCUT2D eigenvalue weighted by Gasteiger charge is -2.21. The molecular weight excluding hydrogens is 302 g/mol. The molecule has 8 heteroatoms. The number of nitrogens with zero attached hydrogens (tertiary/aromatic N) is 3. The van der Waals surface area contributed by atoms with Crippen molar-refractivity contribution in [3.63, 3.8) is 0 Å². The molecule has 0 radical (unpaired) electrons. The zero-order valence-corrected chi connectivity index (χ0v) is 13.7. The SMILES string of the molecule is Cc1cc(-c2nc(NC(=O)C(C)(C)SCC3CC3)n[nH]2)no1. The molecule has 1 fully saturated rings. The molecule has 22 heavy (non-hydrogen) atoms. The molecule has 2 aromatic heterocycles. The smallest absolute Gasteiger partial charge is 0.249 e. The number of aromatic nitrogens is 4. The highest BCUT2D eigenvalue weighted by atomic mass is 32.2. The molecule has 0 spiro atoms. The first kappa shape index (κ1) is 15.1. The minimum Gasteiger partial charge on any atom is -0.361 e. The Morgan fingerprint density at radius 1 is 1.55 bits per heavy atom. The van der Waals surface area contributed by atoms with Crippen molar-refractivity contribution < 1.29 is 9.32 Å². The molecule has 0 bridgehead atoms. The summed E-state index contributed by atoms with van der Waals surface area (Å²) in [6.45, 7) is 5.64. The summed E-state index contributed by atoms with van der Waals surface area (Å²) < 4.78 is 4.49. The zero-order chi connectivity index (χ0) is 15.7. The van der Waals surface area contributed by atoms with E-state index >= 15 is 0 Å². The monoisotopic (exact) mass is 321 g/mol. The minimum absolute atomic E-state index is 0.0972. The standard InChI is InChI=1S/C14H19N5O2S/c1-8-6-10(19-21-8)11-15-13(18-17-11)16-12(20)14(2,3)22-7-9-4-5-9/h6,9H,4-5,7H2,1-3H3,(H2,15,16,17,18,20). The van der Waals surface area contributed by atoms with Gasteiger partial charge in [-0.05, 0) is 45.3 Å². The zero-order valence-electron chi connectivity index (χ0n) is 12.8. The maximum atomic E-state index is 12.4. The van der Waals surface area contributed by atoms with Gasteiger partial charge in [-0.25, -0.2) is 0 Å². The van der Waals surface area contributed by atoms with Gasteiger partial charge in [-0.1, -0.05) is 5.16 Å². The van der Waals surface area contributed by atoms with Gasteiger partial charge in [0.15, 0.2) is 11.5 Å². The van der Waals surface area contributed by atoms with Gasteiger partial charge in [0.2, 0.25) is 11.9 Å². The fourth-order valence-corrected chi connectivity index (χ4v) is 3.01. The molecule has 0 aromatic carbocycles. The third-order valence-corrected chi connectivity index (χ3v) is 5.05. The first-order valence-corrected chi connectivity index (χ1v) is 8.24. The van der Waals surface area contributed by atoms with E-state index in [0.29, 0.717) is 17.3 Å². The lowest BCUT2D eigenvalue weighted by atomic mass is 10.2. The summed E-state index contributed by atoms with van der Waals surface area (Å²) in [6.07, 6.45) is 2.57. The number of H-pyrrole nitrogens is 1. The fraction of sp³-hybridized carbons (Fsp3) is 0.571. The average molecular weight is 321 g/mol. The van der Waals surface area contributed by atoms with Gasteiger partial charge in [-0.3, -0.25) is 15.2 Å². The molecule has 2 heterocycles. The van der Waals surface area contributed by atoms with Crippen molar-refractivity contribution in [3.8, 4) is 11.5 Å². The van der Waals surface area contributed by atoms with E-state index in [2.05, 4.69) is 25.7 Å². The van der Waals surface area contributed by atoms with E-state index in [1.165, 1.54) is 12.8 Å². The highest BCUT2D eigenvalue weighted by Gasteiger charge is 2.32. The van der Waals surface area contributed by atoms with E-state index in [0.717, 1.165) is 11.7 Å². The fourth-order valence-electron chi connectivity index (χ4n) is 1.84. The van der Waals surface area contributed by atoms with Crippen LogP contribution >= 0.6 is 11.8 Å². The number of aryl methyl sites for hydroxylation is 1. The summed E-state index contributed by atoms with van der Waals surface area (Å²) in [4.78, 5) is 16.6. The molecule has 3 rings (SSSR count). The maximum absolute atomic E-state index is 12.4. The van der Waals surface area contributed by atoms with Crippen molar-refractivity contribution in [2.45, 2.75) is 38.4 Å². The van der Waals surface area contributed by atoms with E-state index in [9.17, 15) is 4.79 Å². The van der Waals surface area contributed by atoms with Gasteiger partial charge in [0, 0.05) is 6.07 Å². The van der Waals surface area contributed by atoms with Crippen molar-refractivity contribution in [1.82, 2.24) is 20.3 Å². The lowest BCUT2D eigenvalue weighted by molar-refractivity contribution is -0.117. The largest absolute Gasteiger partial charge is 0.361 e. The summed E-state index contributed by atoms with van der Waals surface area (Å²) in [5, 5.41) is 13.4. The van der Waals surface area contributed by atoms with Crippen molar-refractivity contribution in [3.05, 3.63) is 11.8 Å². The molecule has 118 valence electrons. The van der Waals surface area contributed by atoms with Gasteiger partial charge in [0.05, 0.1) is 4.75 Å². The first-order chi connectivity index (χ1) is 10.4. The van der Waals surface area contributed by atoms with Crippen LogP contribution in [0.5, 0.6) is 0 Å². The Kier molecular flexibility index (Phi) is 3.94. The topological polar surface area (TPSA) is 96.7 Å². The number of carbonyl (C=O) groups is 1. The van der Waals surface area contributed by atoms with Crippen molar-refractivity contribution in [1.29, 1.82) is 0 Å². The summed E-state index contributed by atoms with van der Waals surface area (Å²) in [6, 6.07) is 1.75. The van der Waals surface area contributed by atoms with E-state index in [4.69, 9.17) is 4.52 Å². The summed E-state index contributed by atoms with van der Waals surface area (Å²) >= 11 is 1.68. The van der Waals surface area contributed by atoms with E-state index in [1.807, 2.05) is 13.8 Å². The Morgan fingerprint density at radius 3 is 2.95 bits per heavy atom. The van der Waals surface area contributed by atoms with Gasteiger partial charge >= 0.3 is 0 Å². The molecule has 0 saturated heterocycles. The van der Waals surface area contributed by atoms with Crippen molar-refractivity contribution >= 4 is 23.6 Å². The van der Waals surface area contributed by atoms with Crippen LogP contribution in [0.15, 0.2) is 10.6 Å². The number of anilines is 1. The van der Waals surface area contributed by atoms with E-state index < -0.39 is 4.75 Å². The lowest BCUT2D eigenvalue weighted by Crippen LogP contribution is -2.34. The van der Waals surface area contributed by atoms with Gasteiger partial charge in [-0.15, -0.1) is 16.9 Å². The molecular formula is C14H19N5O2S. The Labute approximate surface area is 132 Å². The van der Waals surface area contributed by atoms with Crippen LogP contribution in [-0.4, -0.2) is 36.7 Å². The third kappa shape index (κ3) is 3.49. The van der Waals surface area contributed by atoms with Crippen molar-refractivity contribution in [2.24, 2.45) is 5.92 Å². The molecule has 2 aromatic rings. The van der Waals surface area contributed by atoms with Crippen LogP contribution in [0, 0.1) is 12.8 Å². The third-order valence-electron chi connectivity index (χ3n) is 3.50. The number of rotatable bonds is 6. The summed E-state index contributed by atoms with van der Waals surface area (Å²) in [5.74, 6) is 3.12. The Hall–Kier alpha value is -1.83. The highest BCUT2D eigenvalue weighted by molar-refractivity contribution is 8.01. The van der Waals surface area contributed by atoms with Crippen LogP contribution in [-0.2, 0) is 4.79 Å². The number of hydrogen-bond donors (Lipinski definition) is 2. The van der Waals surface area contributed by atoms with Crippen LogP contribution in [0.1, 0.15) is 32.4 Å². The highest BCUT2D eigenvalue weighted by Crippen LogP contribution is 2.37. The molecule has 2 N–H and O–H groups in total. The Balaban J connectivity index is 1.62. The number of nitrogens with one attached hydrogen (secondary N) is 2. The van der Waals surface area contributed by atoms with Gasteiger partial charge in [0.25, 0.3) is 0 Å². The number of amides is 1. The predicted molar refractivity (Wildman–Crippen MR) is 84.5 cm³/mol. The van der Waals surface area contributed by atoms with Gasteiger partial charge in [0.1, 0.15) is 5.76 Å². The molecule has 1 aliphatic carbocycles. The molecule has 0 unspecified atom stereocenters. The van der Waals surface area contributed by atoms with Crippen LogP contribution < -0.4 is 5.32 Å². The van der Waals surface area contributed by atoms with Crippen LogP contribution in [0.2, 0.25) is 0 Å². The Morgan fingerprint density at radius 2 is 2.32 bits per heavy atom. The summed E-state index contributed by atoms with van der Waals surface area (Å²) in [7, 11) is 0. The predicted octanol–water partition coefficient (Wildman–Crippen LogP) is 2.63. The van der Waals surface area contributed by atoms with Crippen molar-refractivity contribution in [2.75, 3.05) is 11.1 Å². The van der Waals surface area contributed by atoms with Crippen LogP contribution in [0.25, 0.3) is 11.5 Å². The van der Waals surface area contributed by atoms with Crippen LogP contribution in [0.3, 0.4) is 0 Å². The normalized spacial score (nSPS) is 15.0. The van der Waals surface area contributed by atoms with Crippen LogP contribution in [0.4, 0.5) is 5.95 Å². The second-order valence-corrected chi connectivity index (χ2v) is 7.69. The number of carbonyl (C=O) groups excluding carboxylic acids is 1. The van der Waals surface area contributed by atoms with Gasteiger partial charge in [-0.2, -0.15) is 4.98 Å². The molecule has 0 atom stereocenters. The minimum atomic E-state index is -0.506. The summed E-state index contributed by atoms with van der Waals surface area (Å²) in [5.41, 5.74) is 0.563. The molecule has 0 aliphatic heterocycles. The first-order valence-electron chi connectivity index (χ1n) is 7.25. The maximum Gasteiger partial charge on any atom is 0.249 e. The number of thioether (sulfide) groups is 1. The quantitative estimate of drug-likeness (QED) is 0.849. The molecule has 1 saturated carbocycles. The van der Waals surface area contributed by atoms with Gasteiger partial charge < -0.3 is 4.52 Å². The van der Waals surface area contributed by atoms with E-state index in [1.54, 1.807) is 24.8 Å². The number of hydrogen-bond acceptors (Lipinski definition) is 6. The number of aromatic amines is 1. The second-order valence-electron chi connectivity index (χ2n) is 6.05. The molecule has 1 amide bonds.